The fourth-order valence-corrected chi connectivity index (χ4v) is 1.39. The highest BCUT2D eigenvalue weighted by atomic mass is 35.5. The highest BCUT2D eigenvalue weighted by Gasteiger charge is 1.98. The van der Waals surface area contributed by atoms with Gasteiger partial charge in [0.15, 0.2) is 0 Å². The number of aryl methyl sites for hydroxylation is 2. The van der Waals surface area contributed by atoms with Crippen LogP contribution in [0.25, 0.3) is 0 Å². The Bertz CT molecular complexity index is 238. The summed E-state index contributed by atoms with van der Waals surface area (Å²) >= 11 is 0. The van der Waals surface area contributed by atoms with Gasteiger partial charge in [0, 0.05) is 6.61 Å². The zero-order valence-corrected chi connectivity index (χ0v) is 9.45. The van der Waals surface area contributed by atoms with Crippen LogP contribution in [0.3, 0.4) is 0 Å². The Morgan fingerprint density at radius 1 is 1.21 bits per heavy atom. The van der Waals surface area contributed by atoms with Crippen LogP contribution in [0, 0.1) is 0 Å². The number of halogens is 1. The number of aromatic nitrogens is 2. The highest BCUT2D eigenvalue weighted by Crippen LogP contribution is 1.98. The van der Waals surface area contributed by atoms with Gasteiger partial charge in [0.05, 0.1) is 13.6 Å². The molecular weight excluding hydrogens is 200 g/mol. The predicted octanol–water partition coefficient (Wildman–Crippen LogP) is -2.13. The second kappa shape index (κ2) is 7.83. The molecule has 0 atom stereocenters. The average molecular weight is 219 g/mol. The molecule has 14 heavy (non-hydrogen) atoms. The molecule has 0 amide bonds. The third kappa shape index (κ3) is 5.25. The first-order valence-electron chi connectivity index (χ1n) is 4.95. The fourth-order valence-electron chi connectivity index (χ4n) is 1.39. The zero-order valence-electron chi connectivity index (χ0n) is 8.69. The Hall–Kier alpha value is -0.540. The van der Waals surface area contributed by atoms with E-state index in [-0.39, 0.29) is 12.4 Å². The highest BCUT2D eigenvalue weighted by molar-refractivity contribution is 4.61. The molecular formula is C10H19ClN2O. The minimum atomic E-state index is 0. The molecule has 1 aromatic heterocycles. The lowest BCUT2D eigenvalue weighted by atomic mass is 10.2. The molecule has 0 aliphatic heterocycles. The Morgan fingerprint density at radius 3 is 2.50 bits per heavy atom. The molecule has 0 unspecified atom stereocenters. The molecule has 1 aromatic rings. The number of imidazole rings is 1. The molecule has 0 aliphatic carbocycles. The minimum absolute atomic E-state index is 0. The van der Waals surface area contributed by atoms with Crippen LogP contribution >= 0.6 is 0 Å². The fraction of sp³-hybridized carbons (Fsp3) is 0.700. The summed E-state index contributed by atoms with van der Waals surface area (Å²) in [5, 5.41) is 8.58. The van der Waals surface area contributed by atoms with Crippen molar-refractivity contribution < 1.29 is 22.1 Å². The maximum absolute atomic E-state index is 8.58. The maximum Gasteiger partial charge on any atom is 0.243 e. The van der Waals surface area contributed by atoms with Crippen LogP contribution in [0.2, 0.25) is 0 Å². The summed E-state index contributed by atoms with van der Waals surface area (Å²) in [6, 6.07) is 0. The van der Waals surface area contributed by atoms with E-state index in [1.165, 1.54) is 12.8 Å². The lowest BCUT2D eigenvalue weighted by Gasteiger charge is -1.96. The van der Waals surface area contributed by atoms with Crippen molar-refractivity contribution >= 4 is 0 Å². The van der Waals surface area contributed by atoms with Gasteiger partial charge in [0.2, 0.25) is 6.33 Å². The molecule has 0 spiro atoms. The Morgan fingerprint density at radius 2 is 1.93 bits per heavy atom. The first-order valence-corrected chi connectivity index (χ1v) is 4.95. The third-order valence-electron chi connectivity index (χ3n) is 2.15. The summed E-state index contributed by atoms with van der Waals surface area (Å²) in [6.07, 6.45) is 10.7. The van der Waals surface area contributed by atoms with E-state index in [0.717, 1.165) is 19.4 Å². The van der Waals surface area contributed by atoms with Gasteiger partial charge in [-0.15, -0.1) is 0 Å². The standard InChI is InChI=1S/C10H19N2O.ClH/c1-11-7-8-12(10-11)6-4-2-3-5-9-13;/h7-8,10,13H,2-6,9H2,1H3;1H/q+1;/p-1. The molecule has 0 saturated carbocycles. The first kappa shape index (κ1) is 13.5. The third-order valence-corrected chi connectivity index (χ3v) is 2.15. The van der Waals surface area contributed by atoms with Crippen LogP contribution in [0.4, 0.5) is 0 Å². The van der Waals surface area contributed by atoms with Crippen molar-refractivity contribution in [3.05, 3.63) is 18.7 Å². The maximum atomic E-state index is 8.58. The van der Waals surface area contributed by atoms with Gasteiger partial charge in [-0.1, -0.05) is 6.42 Å². The van der Waals surface area contributed by atoms with Gasteiger partial charge in [-0.25, -0.2) is 9.13 Å². The Kier molecular flexibility index (Phi) is 7.52. The van der Waals surface area contributed by atoms with Crippen molar-refractivity contribution in [2.75, 3.05) is 6.61 Å². The molecule has 0 aliphatic rings. The van der Waals surface area contributed by atoms with E-state index in [1.54, 1.807) is 0 Å². The van der Waals surface area contributed by atoms with Crippen molar-refractivity contribution in [3.63, 3.8) is 0 Å². The molecule has 0 saturated heterocycles. The van der Waals surface area contributed by atoms with Gasteiger partial charge >= 0.3 is 0 Å². The summed E-state index contributed by atoms with van der Waals surface area (Å²) in [4.78, 5) is 0. The molecule has 0 bridgehead atoms. The summed E-state index contributed by atoms with van der Waals surface area (Å²) < 4.78 is 4.24. The van der Waals surface area contributed by atoms with Gasteiger partial charge in [-0.3, -0.25) is 0 Å². The van der Waals surface area contributed by atoms with Crippen LogP contribution in [0.5, 0.6) is 0 Å². The Balaban J connectivity index is 0.00000169. The van der Waals surface area contributed by atoms with Gasteiger partial charge in [-0.2, -0.15) is 0 Å². The largest absolute Gasteiger partial charge is 1.00 e. The number of rotatable bonds is 6. The van der Waals surface area contributed by atoms with Crippen LogP contribution in [-0.2, 0) is 13.6 Å². The van der Waals surface area contributed by atoms with Crippen LogP contribution in [-0.4, -0.2) is 16.3 Å². The van der Waals surface area contributed by atoms with Crippen molar-refractivity contribution in [3.8, 4) is 0 Å². The van der Waals surface area contributed by atoms with E-state index in [4.69, 9.17) is 5.11 Å². The second-order valence-corrected chi connectivity index (χ2v) is 3.45. The van der Waals surface area contributed by atoms with Crippen molar-refractivity contribution in [1.82, 2.24) is 4.57 Å². The van der Waals surface area contributed by atoms with E-state index in [9.17, 15) is 0 Å². The topological polar surface area (TPSA) is 29.0 Å². The summed E-state index contributed by atoms with van der Waals surface area (Å²) in [5.74, 6) is 0. The number of hydrogen-bond donors (Lipinski definition) is 1. The van der Waals surface area contributed by atoms with E-state index in [2.05, 4.69) is 17.1 Å². The molecule has 0 aromatic carbocycles. The monoisotopic (exact) mass is 218 g/mol. The van der Waals surface area contributed by atoms with Crippen LogP contribution in [0.1, 0.15) is 25.7 Å². The second-order valence-electron chi connectivity index (χ2n) is 3.45. The SMILES string of the molecule is Cn1cc[n+](CCCCCCO)c1.[Cl-]. The Labute approximate surface area is 91.8 Å². The van der Waals surface area contributed by atoms with Crippen molar-refractivity contribution in [1.29, 1.82) is 0 Å². The molecule has 4 heteroatoms. The lowest BCUT2D eigenvalue weighted by Crippen LogP contribution is -3.00. The molecule has 1 rings (SSSR count). The number of aliphatic hydroxyl groups is 1. The molecule has 82 valence electrons. The van der Waals surface area contributed by atoms with E-state index in [1.807, 2.05) is 17.8 Å². The van der Waals surface area contributed by atoms with E-state index >= 15 is 0 Å². The zero-order chi connectivity index (χ0) is 9.52. The van der Waals surface area contributed by atoms with Gasteiger partial charge in [-0.05, 0) is 19.3 Å². The summed E-state index contributed by atoms with van der Waals surface area (Å²) in [6.45, 7) is 1.42. The summed E-state index contributed by atoms with van der Waals surface area (Å²) in [7, 11) is 2.03. The first-order chi connectivity index (χ1) is 6.33. The van der Waals surface area contributed by atoms with Gasteiger partial charge in [0.25, 0.3) is 0 Å². The van der Waals surface area contributed by atoms with Gasteiger partial charge in [0.1, 0.15) is 12.4 Å². The lowest BCUT2D eigenvalue weighted by molar-refractivity contribution is -0.696. The molecule has 3 nitrogen and oxygen atoms in total. The minimum Gasteiger partial charge on any atom is -1.00 e. The molecule has 1 N–H and O–H groups in total. The molecule has 1 heterocycles. The van der Waals surface area contributed by atoms with Crippen molar-refractivity contribution in [2.24, 2.45) is 7.05 Å². The van der Waals surface area contributed by atoms with Crippen LogP contribution in [0.15, 0.2) is 18.7 Å². The van der Waals surface area contributed by atoms with Crippen LogP contribution < -0.4 is 17.0 Å². The number of nitrogens with zero attached hydrogens (tertiary/aromatic N) is 2. The number of unbranched alkanes of at least 4 members (excludes halogenated alkanes) is 3. The van der Waals surface area contributed by atoms with Crippen molar-refractivity contribution in [2.45, 2.75) is 32.2 Å². The molecule has 0 fully saturated rings. The number of aliphatic hydroxyl groups excluding tert-OH is 1. The quantitative estimate of drug-likeness (QED) is 0.429. The smallest absolute Gasteiger partial charge is 0.243 e. The number of hydrogen-bond acceptors (Lipinski definition) is 1. The normalized spacial score (nSPS) is 9.86. The predicted molar refractivity (Wildman–Crippen MR) is 51.2 cm³/mol. The molecule has 0 radical (unpaired) electrons. The van der Waals surface area contributed by atoms with E-state index < -0.39 is 0 Å². The summed E-state index contributed by atoms with van der Waals surface area (Å²) in [5.41, 5.74) is 0. The van der Waals surface area contributed by atoms with E-state index in [0.29, 0.717) is 6.61 Å². The average Bonchev–Trinajstić information content (AvgIpc) is 2.51. The van der Waals surface area contributed by atoms with Gasteiger partial charge < -0.3 is 17.5 Å².